The van der Waals surface area contributed by atoms with Gasteiger partial charge in [-0.2, -0.15) is 0 Å². The van der Waals surface area contributed by atoms with Gasteiger partial charge in [0.05, 0.1) is 19.8 Å². The van der Waals surface area contributed by atoms with Crippen molar-refractivity contribution in [2.45, 2.75) is 39.0 Å². The third-order valence-corrected chi connectivity index (χ3v) is 5.16. The average molecular weight is 343 g/mol. The molecule has 136 valence electrons. The lowest BCUT2D eigenvalue weighted by molar-refractivity contribution is 0.0358. The number of hydrogen-bond donors (Lipinski definition) is 0. The number of morpholine rings is 1. The zero-order chi connectivity index (χ0) is 17.6. The molecule has 1 atom stereocenters. The van der Waals surface area contributed by atoms with Gasteiger partial charge in [-0.25, -0.2) is 0 Å². The lowest BCUT2D eigenvalue weighted by Gasteiger charge is -2.26. The van der Waals surface area contributed by atoms with E-state index in [9.17, 15) is 4.79 Å². The quantitative estimate of drug-likeness (QED) is 0.764. The molecule has 3 rings (SSSR count). The minimum Gasteiger partial charge on any atom is -0.493 e. The summed E-state index contributed by atoms with van der Waals surface area (Å²) < 4.78 is 11.4. The molecular formula is C21H29NO3. The van der Waals surface area contributed by atoms with Crippen LogP contribution in [0, 0.1) is 6.92 Å². The minimum atomic E-state index is 0.114. The normalized spacial score (nSPS) is 22.8. The lowest BCUT2D eigenvalue weighted by atomic mass is 9.87. The predicted octanol–water partition coefficient (Wildman–Crippen LogP) is 3.73. The molecule has 1 aliphatic heterocycles. The highest BCUT2D eigenvalue weighted by molar-refractivity contribution is 6.06. The zero-order valence-corrected chi connectivity index (χ0v) is 15.4. The van der Waals surface area contributed by atoms with Gasteiger partial charge in [-0.15, -0.1) is 0 Å². The van der Waals surface area contributed by atoms with Crippen molar-refractivity contribution in [2.75, 3.05) is 39.5 Å². The number of nitrogens with zero attached hydrogens (tertiary/aromatic N) is 1. The maximum atomic E-state index is 12.4. The largest absolute Gasteiger partial charge is 0.493 e. The van der Waals surface area contributed by atoms with Crippen LogP contribution in [-0.2, 0) is 4.74 Å². The Bertz CT molecular complexity index is 632. The SMILES string of the molecule is Cc1cc2c(cc1OCCCN1CCOCC1)C(C)CC/C=C\C2=O. The molecule has 1 fully saturated rings. The van der Waals surface area contributed by atoms with Gasteiger partial charge >= 0.3 is 0 Å². The van der Waals surface area contributed by atoms with E-state index in [4.69, 9.17) is 9.47 Å². The Morgan fingerprint density at radius 1 is 1.28 bits per heavy atom. The van der Waals surface area contributed by atoms with Gasteiger partial charge in [0.1, 0.15) is 5.75 Å². The van der Waals surface area contributed by atoms with Gasteiger partial charge in [-0.05, 0) is 61.4 Å². The van der Waals surface area contributed by atoms with E-state index >= 15 is 0 Å². The second-order valence-electron chi connectivity index (χ2n) is 7.11. The molecule has 4 nitrogen and oxygen atoms in total. The highest BCUT2D eigenvalue weighted by atomic mass is 16.5. The van der Waals surface area contributed by atoms with Crippen LogP contribution in [0.5, 0.6) is 5.75 Å². The molecule has 2 aliphatic rings. The van der Waals surface area contributed by atoms with E-state index in [2.05, 4.69) is 17.9 Å². The first-order chi connectivity index (χ1) is 12.1. The number of ketones is 1. The van der Waals surface area contributed by atoms with Crippen LogP contribution in [0.3, 0.4) is 0 Å². The Morgan fingerprint density at radius 3 is 2.88 bits per heavy atom. The number of benzene rings is 1. The van der Waals surface area contributed by atoms with Gasteiger partial charge in [-0.1, -0.05) is 13.0 Å². The summed E-state index contributed by atoms with van der Waals surface area (Å²) in [6.45, 7) is 9.69. The van der Waals surface area contributed by atoms with E-state index in [1.54, 1.807) is 6.08 Å². The Hall–Kier alpha value is -1.65. The average Bonchev–Trinajstić information content (AvgIpc) is 2.62. The van der Waals surface area contributed by atoms with Crippen LogP contribution in [-0.4, -0.2) is 50.1 Å². The van der Waals surface area contributed by atoms with Crippen molar-refractivity contribution >= 4 is 5.78 Å². The minimum absolute atomic E-state index is 0.114. The van der Waals surface area contributed by atoms with Crippen LogP contribution in [0.25, 0.3) is 0 Å². The number of carbonyl (C=O) groups excluding carboxylic acids is 1. The number of allylic oxidation sites excluding steroid dienone is 2. The molecule has 25 heavy (non-hydrogen) atoms. The number of fused-ring (bicyclic) bond motifs is 1. The third-order valence-electron chi connectivity index (χ3n) is 5.16. The number of rotatable bonds is 5. The van der Waals surface area contributed by atoms with Crippen molar-refractivity contribution in [2.24, 2.45) is 0 Å². The first-order valence-corrected chi connectivity index (χ1v) is 9.43. The first-order valence-electron chi connectivity index (χ1n) is 9.43. The third kappa shape index (κ3) is 4.71. The molecule has 1 aromatic rings. The van der Waals surface area contributed by atoms with Gasteiger partial charge in [-0.3, -0.25) is 9.69 Å². The summed E-state index contributed by atoms with van der Waals surface area (Å²) in [5.41, 5.74) is 3.00. The summed E-state index contributed by atoms with van der Waals surface area (Å²) in [5.74, 6) is 1.41. The Labute approximate surface area is 150 Å². The molecule has 1 aliphatic carbocycles. The highest BCUT2D eigenvalue weighted by Crippen LogP contribution is 2.32. The fraction of sp³-hybridized carbons (Fsp3) is 0.571. The summed E-state index contributed by atoms with van der Waals surface area (Å²) in [6, 6.07) is 4.10. The Morgan fingerprint density at radius 2 is 2.08 bits per heavy atom. The van der Waals surface area contributed by atoms with Crippen molar-refractivity contribution in [1.82, 2.24) is 4.90 Å². The molecule has 0 amide bonds. The summed E-state index contributed by atoms with van der Waals surface area (Å²) in [4.78, 5) is 14.8. The topological polar surface area (TPSA) is 38.8 Å². The Kier molecular flexibility index (Phi) is 6.27. The van der Waals surface area contributed by atoms with E-state index < -0.39 is 0 Å². The van der Waals surface area contributed by atoms with Gasteiger partial charge in [0.15, 0.2) is 5.78 Å². The van der Waals surface area contributed by atoms with E-state index in [-0.39, 0.29) is 5.78 Å². The molecule has 0 saturated carbocycles. The summed E-state index contributed by atoms with van der Waals surface area (Å²) >= 11 is 0. The number of aryl methyl sites for hydroxylation is 1. The molecule has 0 spiro atoms. The maximum absolute atomic E-state index is 12.4. The summed E-state index contributed by atoms with van der Waals surface area (Å²) in [6.07, 6.45) is 6.74. The van der Waals surface area contributed by atoms with Crippen LogP contribution >= 0.6 is 0 Å². The zero-order valence-electron chi connectivity index (χ0n) is 15.4. The number of ether oxygens (including phenoxy) is 2. The predicted molar refractivity (Wildman–Crippen MR) is 99.7 cm³/mol. The molecule has 0 radical (unpaired) electrons. The molecule has 0 aromatic heterocycles. The number of hydrogen-bond acceptors (Lipinski definition) is 4. The second kappa shape index (κ2) is 8.63. The molecule has 1 saturated heterocycles. The van der Waals surface area contributed by atoms with Gasteiger partial charge in [0, 0.05) is 25.2 Å². The summed E-state index contributed by atoms with van der Waals surface area (Å²) in [5, 5.41) is 0. The standard InChI is InChI=1S/C21H29NO3/c1-16-6-3-4-7-20(23)19-14-17(2)21(15-18(16)19)25-11-5-8-22-9-12-24-13-10-22/h4,7,14-16H,3,5-6,8-13H2,1-2H3/b7-4-. The smallest absolute Gasteiger partial charge is 0.185 e. The van der Waals surface area contributed by atoms with Gasteiger partial charge in [0.2, 0.25) is 0 Å². The van der Waals surface area contributed by atoms with E-state index in [1.807, 2.05) is 19.1 Å². The van der Waals surface area contributed by atoms with Gasteiger partial charge in [0.25, 0.3) is 0 Å². The number of carbonyl (C=O) groups is 1. The molecule has 4 heteroatoms. The molecule has 0 bridgehead atoms. The van der Waals surface area contributed by atoms with E-state index in [0.29, 0.717) is 12.5 Å². The van der Waals surface area contributed by atoms with Crippen molar-refractivity contribution in [3.8, 4) is 5.75 Å². The molecular weight excluding hydrogens is 314 g/mol. The van der Waals surface area contributed by atoms with E-state index in [0.717, 1.165) is 74.6 Å². The van der Waals surface area contributed by atoms with Crippen molar-refractivity contribution in [3.63, 3.8) is 0 Å². The Balaban J connectivity index is 1.63. The van der Waals surface area contributed by atoms with Crippen LogP contribution in [0.2, 0.25) is 0 Å². The first kappa shape index (κ1) is 18.2. The fourth-order valence-corrected chi connectivity index (χ4v) is 3.56. The van der Waals surface area contributed by atoms with Crippen molar-refractivity contribution in [3.05, 3.63) is 41.0 Å². The second-order valence-corrected chi connectivity index (χ2v) is 7.11. The monoisotopic (exact) mass is 343 g/mol. The van der Waals surface area contributed by atoms with Crippen molar-refractivity contribution in [1.29, 1.82) is 0 Å². The van der Waals surface area contributed by atoms with Crippen LogP contribution in [0.4, 0.5) is 0 Å². The molecule has 0 N–H and O–H groups in total. The van der Waals surface area contributed by atoms with Crippen LogP contribution < -0.4 is 4.74 Å². The lowest BCUT2D eigenvalue weighted by Crippen LogP contribution is -2.37. The van der Waals surface area contributed by atoms with E-state index in [1.165, 1.54) is 0 Å². The van der Waals surface area contributed by atoms with Crippen molar-refractivity contribution < 1.29 is 14.3 Å². The van der Waals surface area contributed by atoms with Crippen LogP contribution in [0.1, 0.15) is 53.6 Å². The molecule has 1 aromatic carbocycles. The maximum Gasteiger partial charge on any atom is 0.185 e. The molecule has 1 heterocycles. The fourth-order valence-electron chi connectivity index (χ4n) is 3.56. The summed E-state index contributed by atoms with van der Waals surface area (Å²) in [7, 11) is 0. The molecule has 1 unspecified atom stereocenters. The van der Waals surface area contributed by atoms with Gasteiger partial charge < -0.3 is 9.47 Å². The van der Waals surface area contributed by atoms with Crippen LogP contribution in [0.15, 0.2) is 24.3 Å². The highest BCUT2D eigenvalue weighted by Gasteiger charge is 2.19.